The third-order valence-electron chi connectivity index (χ3n) is 3.01. The van der Waals surface area contributed by atoms with Gasteiger partial charge in [0.05, 0.1) is 21.3 Å². The number of nitrogens with two attached hydrogens (primary N) is 1. The van der Waals surface area contributed by atoms with Crippen LogP contribution in [0.15, 0.2) is 28.0 Å². The zero-order chi connectivity index (χ0) is 18.6. The van der Waals surface area contributed by atoms with E-state index in [4.69, 9.17) is 10.8 Å². The number of rotatable bonds is 7. The minimum Gasteiger partial charge on any atom is -0.396 e. The van der Waals surface area contributed by atoms with Gasteiger partial charge in [-0.05, 0) is 29.5 Å². The van der Waals surface area contributed by atoms with Crippen molar-refractivity contribution in [3.8, 4) is 0 Å². The van der Waals surface area contributed by atoms with Gasteiger partial charge in [0, 0.05) is 11.8 Å². The second kappa shape index (κ2) is 8.14. The highest BCUT2D eigenvalue weighted by molar-refractivity contribution is 8.18. The Kier molecular flexibility index (Phi) is 6.17. The van der Waals surface area contributed by atoms with E-state index in [9.17, 15) is 24.5 Å². The van der Waals surface area contributed by atoms with E-state index < -0.39 is 28.5 Å². The summed E-state index contributed by atoms with van der Waals surface area (Å²) in [6, 6.07) is 4.36. The number of aliphatic hydroxyl groups is 1. The van der Waals surface area contributed by atoms with E-state index in [0.717, 1.165) is 16.7 Å². The van der Waals surface area contributed by atoms with Crippen LogP contribution in [0.25, 0.3) is 6.08 Å². The summed E-state index contributed by atoms with van der Waals surface area (Å²) in [6.45, 7) is -0.629. The van der Waals surface area contributed by atoms with Crippen LogP contribution in [-0.4, -0.2) is 50.9 Å². The van der Waals surface area contributed by atoms with E-state index >= 15 is 0 Å². The Balaban J connectivity index is 2.30. The van der Waals surface area contributed by atoms with Gasteiger partial charge in [-0.1, -0.05) is 6.07 Å². The van der Waals surface area contributed by atoms with E-state index in [0.29, 0.717) is 28.0 Å². The summed E-state index contributed by atoms with van der Waals surface area (Å²) in [6.07, 6.45) is 1.35. The zero-order valence-corrected chi connectivity index (χ0v) is 14.3. The molecule has 1 aromatic carbocycles. The van der Waals surface area contributed by atoms with Gasteiger partial charge in [0.2, 0.25) is 5.91 Å². The minimum absolute atomic E-state index is 0.0521. The first-order chi connectivity index (χ1) is 11.8. The summed E-state index contributed by atoms with van der Waals surface area (Å²) in [4.78, 5) is 46.6. The van der Waals surface area contributed by atoms with Crippen LogP contribution in [0.1, 0.15) is 5.56 Å². The Morgan fingerprint density at radius 1 is 1.44 bits per heavy atom. The van der Waals surface area contributed by atoms with Crippen molar-refractivity contribution in [1.29, 1.82) is 0 Å². The normalized spacial score (nSPS) is 15.9. The highest BCUT2D eigenvalue weighted by Crippen LogP contribution is 2.34. The zero-order valence-electron chi connectivity index (χ0n) is 12.7. The number of nitro benzene ring substituents is 1. The lowest BCUT2D eigenvalue weighted by Gasteiger charge is -2.08. The fourth-order valence-corrected chi connectivity index (χ4v) is 3.58. The van der Waals surface area contributed by atoms with Crippen LogP contribution >= 0.6 is 23.5 Å². The number of amides is 3. The number of nitro groups is 1. The highest BCUT2D eigenvalue weighted by atomic mass is 32.2. The molecular formula is C14H13N3O6S2. The van der Waals surface area contributed by atoms with Crippen LogP contribution < -0.4 is 5.73 Å². The summed E-state index contributed by atoms with van der Waals surface area (Å²) in [7, 11) is 0. The molecule has 0 spiro atoms. The van der Waals surface area contributed by atoms with E-state index in [-0.39, 0.29) is 17.2 Å². The average molecular weight is 383 g/mol. The Hall–Kier alpha value is -2.37. The van der Waals surface area contributed by atoms with Crippen molar-refractivity contribution in [2.24, 2.45) is 5.73 Å². The molecule has 1 fully saturated rings. The van der Waals surface area contributed by atoms with Crippen molar-refractivity contribution >= 4 is 52.3 Å². The van der Waals surface area contributed by atoms with Crippen LogP contribution in [0.2, 0.25) is 0 Å². The number of carbonyl (C=O) groups is 3. The number of aliphatic hydroxyl groups excluding tert-OH is 1. The molecule has 0 radical (unpaired) electrons. The fraction of sp³-hybridized carbons (Fsp3) is 0.214. The molecule has 25 heavy (non-hydrogen) atoms. The molecule has 0 saturated carbocycles. The standard InChI is InChI=1S/C14H13N3O6S2/c15-12(19)7-16-13(20)11(25-14(16)21)6-8-1-2-10(24-4-3-18)9(5-8)17(22)23/h1-2,5-6,18H,3-4,7H2,(H2,15,19)/b11-6-. The molecule has 0 unspecified atom stereocenters. The number of carbonyl (C=O) groups excluding carboxylic acids is 3. The van der Waals surface area contributed by atoms with Gasteiger partial charge in [0.25, 0.3) is 16.8 Å². The van der Waals surface area contributed by atoms with Crippen molar-refractivity contribution in [2.45, 2.75) is 4.90 Å². The molecule has 0 aliphatic carbocycles. The Morgan fingerprint density at radius 2 is 2.16 bits per heavy atom. The molecule has 1 aromatic rings. The number of benzene rings is 1. The lowest BCUT2D eigenvalue weighted by atomic mass is 10.2. The number of imide groups is 1. The van der Waals surface area contributed by atoms with Gasteiger partial charge < -0.3 is 10.8 Å². The van der Waals surface area contributed by atoms with Crippen LogP contribution in [0.4, 0.5) is 10.5 Å². The predicted molar refractivity (Wildman–Crippen MR) is 92.8 cm³/mol. The topological polar surface area (TPSA) is 144 Å². The van der Waals surface area contributed by atoms with Crippen LogP contribution in [0.5, 0.6) is 0 Å². The van der Waals surface area contributed by atoms with Crippen molar-refractivity contribution in [3.63, 3.8) is 0 Å². The van der Waals surface area contributed by atoms with Gasteiger partial charge in [-0.15, -0.1) is 11.8 Å². The number of nitrogens with zero attached hydrogens (tertiary/aromatic N) is 2. The van der Waals surface area contributed by atoms with Gasteiger partial charge in [-0.2, -0.15) is 0 Å². The second-order valence-electron chi connectivity index (χ2n) is 4.79. The van der Waals surface area contributed by atoms with Gasteiger partial charge in [0.15, 0.2) is 0 Å². The Bertz CT molecular complexity index is 780. The first-order valence-corrected chi connectivity index (χ1v) is 8.69. The lowest BCUT2D eigenvalue weighted by Crippen LogP contribution is -2.36. The predicted octanol–water partition coefficient (Wildman–Crippen LogP) is 1.20. The van der Waals surface area contributed by atoms with Gasteiger partial charge in [-0.3, -0.25) is 29.4 Å². The van der Waals surface area contributed by atoms with Crippen LogP contribution in [-0.2, 0) is 9.59 Å². The maximum Gasteiger partial charge on any atom is 0.294 e. The average Bonchev–Trinajstić information content (AvgIpc) is 2.80. The SMILES string of the molecule is NC(=O)CN1C(=O)S/C(=C\c2ccc(SCCO)c([N+](=O)[O-])c2)C1=O. The number of thioether (sulfide) groups is 2. The van der Waals surface area contributed by atoms with E-state index in [1.165, 1.54) is 18.2 Å². The minimum atomic E-state index is -0.815. The number of hydrogen-bond acceptors (Lipinski definition) is 8. The van der Waals surface area contributed by atoms with Crippen LogP contribution in [0, 0.1) is 10.1 Å². The molecule has 2 rings (SSSR count). The van der Waals surface area contributed by atoms with Gasteiger partial charge >= 0.3 is 0 Å². The lowest BCUT2D eigenvalue weighted by molar-refractivity contribution is -0.387. The molecule has 9 nitrogen and oxygen atoms in total. The van der Waals surface area contributed by atoms with E-state index in [1.54, 1.807) is 6.07 Å². The summed E-state index contributed by atoms with van der Waals surface area (Å²) >= 11 is 1.77. The maximum atomic E-state index is 12.1. The molecule has 1 aliphatic heterocycles. The summed E-state index contributed by atoms with van der Waals surface area (Å²) in [5.41, 5.74) is 5.20. The smallest absolute Gasteiger partial charge is 0.294 e. The number of hydrogen-bond donors (Lipinski definition) is 2. The third-order valence-corrected chi connectivity index (χ3v) is 4.96. The molecule has 0 atom stereocenters. The Morgan fingerprint density at radius 3 is 2.76 bits per heavy atom. The molecule has 1 heterocycles. The molecule has 0 bridgehead atoms. The first-order valence-electron chi connectivity index (χ1n) is 6.89. The molecule has 132 valence electrons. The first kappa shape index (κ1) is 19.0. The number of primary amides is 1. The van der Waals surface area contributed by atoms with Crippen molar-refractivity contribution < 1.29 is 24.4 Å². The molecule has 11 heteroatoms. The maximum absolute atomic E-state index is 12.1. The Labute approximate surface area is 150 Å². The van der Waals surface area contributed by atoms with Gasteiger partial charge in [0.1, 0.15) is 6.54 Å². The largest absolute Gasteiger partial charge is 0.396 e. The molecule has 3 N–H and O–H groups in total. The summed E-state index contributed by atoms with van der Waals surface area (Å²) in [5, 5.41) is 19.4. The monoisotopic (exact) mass is 383 g/mol. The quantitative estimate of drug-likeness (QED) is 0.309. The van der Waals surface area contributed by atoms with E-state index in [2.05, 4.69) is 0 Å². The molecule has 3 amide bonds. The summed E-state index contributed by atoms with van der Waals surface area (Å²) in [5.74, 6) is -1.17. The van der Waals surface area contributed by atoms with Crippen molar-refractivity contribution in [3.05, 3.63) is 38.8 Å². The molecule has 1 saturated heterocycles. The molecule has 0 aromatic heterocycles. The van der Waals surface area contributed by atoms with Crippen molar-refractivity contribution in [2.75, 3.05) is 18.9 Å². The fourth-order valence-electron chi connectivity index (χ4n) is 1.99. The second-order valence-corrected chi connectivity index (χ2v) is 6.92. The van der Waals surface area contributed by atoms with E-state index in [1.807, 2.05) is 0 Å². The van der Waals surface area contributed by atoms with Gasteiger partial charge in [-0.25, -0.2) is 0 Å². The van der Waals surface area contributed by atoms with Crippen molar-refractivity contribution in [1.82, 2.24) is 4.90 Å². The van der Waals surface area contributed by atoms with Crippen LogP contribution in [0.3, 0.4) is 0 Å². The highest BCUT2D eigenvalue weighted by Gasteiger charge is 2.35. The summed E-state index contributed by atoms with van der Waals surface area (Å²) < 4.78 is 0. The molecular weight excluding hydrogens is 370 g/mol. The molecule has 1 aliphatic rings. The third kappa shape index (κ3) is 4.59.